The van der Waals surface area contributed by atoms with Gasteiger partial charge in [0.1, 0.15) is 5.56 Å². The molecule has 0 unspecified atom stereocenters. The summed E-state index contributed by atoms with van der Waals surface area (Å²) in [6.07, 6.45) is -0.288. The quantitative estimate of drug-likeness (QED) is 0.501. The maximum absolute atomic E-state index is 13.0. The van der Waals surface area contributed by atoms with Crippen molar-refractivity contribution in [3.63, 3.8) is 0 Å². The lowest BCUT2D eigenvalue weighted by Gasteiger charge is -2.32. The van der Waals surface area contributed by atoms with Gasteiger partial charge in [0.2, 0.25) is 0 Å². The number of aliphatic hydroxyl groups is 2. The number of hydrogen-bond acceptors (Lipinski definition) is 6. The Balaban J connectivity index is 1.87. The number of primary amides is 1. The van der Waals surface area contributed by atoms with Crippen LogP contribution < -0.4 is 11.1 Å². The van der Waals surface area contributed by atoms with Gasteiger partial charge in [-0.25, -0.2) is 0 Å². The molecular weight excluding hydrogens is 427 g/mol. The van der Waals surface area contributed by atoms with E-state index in [0.717, 1.165) is 12.1 Å². The Morgan fingerprint density at radius 2 is 1.97 bits per heavy atom. The minimum Gasteiger partial charge on any atom is -0.393 e. The normalized spacial score (nSPS) is 23.8. The number of hydrogen-bond donors (Lipinski definition) is 4. The molecule has 2 aromatic rings. The number of nitrogens with two attached hydrogens (primary N) is 1. The first kappa shape index (κ1) is 23.7. The van der Waals surface area contributed by atoms with E-state index in [-0.39, 0.29) is 28.9 Å². The number of nitrogens with one attached hydrogen (secondary N) is 1. The van der Waals surface area contributed by atoms with Gasteiger partial charge in [-0.1, -0.05) is 12.1 Å². The Morgan fingerprint density at radius 1 is 1.31 bits per heavy atom. The van der Waals surface area contributed by atoms with Crippen LogP contribution in [0, 0.1) is 5.92 Å². The summed E-state index contributed by atoms with van der Waals surface area (Å²) >= 11 is 0. The number of alkyl halides is 3. The summed E-state index contributed by atoms with van der Waals surface area (Å²) in [6.45, 7) is 0.680. The average molecular weight is 453 g/mol. The molecule has 0 spiro atoms. The predicted molar refractivity (Wildman–Crippen MR) is 113 cm³/mol. The van der Waals surface area contributed by atoms with Crippen LogP contribution in [0.1, 0.15) is 48.1 Å². The number of aromatic nitrogens is 2. The molecule has 1 aromatic carbocycles. The highest BCUT2D eigenvalue weighted by molar-refractivity contribution is 5.98. The van der Waals surface area contributed by atoms with Crippen LogP contribution in [0.15, 0.2) is 35.5 Å². The third kappa shape index (κ3) is 4.78. The van der Waals surface area contributed by atoms with E-state index in [0.29, 0.717) is 31.9 Å². The SMILES string of the molecule is CN=C[C@H]1C[C@@H](O)CC[C@@H]1n1cc(C(N)=O)c(Nc2ccc([C@@](C)(O)C(F)(F)F)cc2)n1. The number of carbonyl (C=O) groups excluding carboxylic acids is 1. The molecule has 1 aliphatic rings. The second-order valence-electron chi connectivity index (χ2n) is 8.11. The van der Waals surface area contributed by atoms with Crippen molar-refractivity contribution in [2.75, 3.05) is 12.4 Å². The van der Waals surface area contributed by atoms with Crippen molar-refractivity contribution >= 4 is 23.6 Å². The van der Waals surface area contributed by atoms with Crippen LogP contribution in [0.3, 0.4) is 0 Å². The third-order valence-electron chi connectivity index (χ3n) is 5.77. The number of anilines is 2. The standard InChI is InChI=1S/C21H26F3N5O3/c1-20(32,21(22,23)24)13-3-5-14(6-4-13)27-19-16(18(25)31)11-29(28-19)17-8-7-15(30)9-12(17)10-26-2/h3-6,10-12,15,17,30,32H,7-9H2,1-2H3,(H2,25,31)(H,27,28)/t12-,15+,17+,20-/m1/s1. The minimum atomic E-state index is -4.83. The number of carbonyl (C=O) groups is 1. The maximum Gasteiger partial charge on any atom is 0.421 e. The fourth-order valence-corrected chi connectivity index (χ4v) is 3.86. The smallest absolute Gasteiger partial charge is 0.393 e. The van der Waals surface area contributed by atoms with Gasteiger partial charge >= 0.3 is 6.18 Å². The number of nitrogens with zero attached hydrogens (tertiary/aromatic N) is 3. The molecule has 1 amide bonds. The fraction of sp³-hybridized carbons (Fsp3) is 0.476. The number of benzene rings is 1. The first-order valence-corrected chi connectivity index (χ1v) is 10.1. The largest absolute Gasteiger partial charge is 0.421 e. The van der Waals surface area contributed by atoms with Crippen LogP contribution in [-0.4, -0.2) is 51.4 Å². The topological polar surface area (TPSA) is 126 Å². The summed E-state index contributed by atoms with van der Waals surface area (Å²) in [5.41, 5.74) is 2.67. The summed E-state index contributed by atoms with van der Waals surface area (Å²) in [5, 5.41) is 27.1. The van der Waals surface area contributed by atoms with E-state index in [1.165, 1.54) is 18.3 Å². The van der Waals surface area contributed by atoms with Gasteiger partial charge in [-0.3, -0.25) is 9.48 Å². The van der Waals surface area contributed by atoms with Crippen molar-refractivity contribution in [1.29, 1.82) is 0 Å². The molecule has 0 aliphatic heterocycles. The highest BCUT2D eigenvalue weighted by Gasteiger charge is 2.51. The molecule has 5 N–H and O–H groups in total. The number of aliphatic hydroxyl groups excluding tert-OH is 1. The molecule has 8 nitrogen and oxygen atoms in total. The van der Waals surface area contributed by atoms with Gasteiger partial charge < -0.3 is 26.3 Å². The Kier molecular flexibility index (Phi) is 6.61. The summed E-state index contributed by atoms with van der Waals surface area (Å²) in [4.78, 5) is 16.0. The third-order valence-corrected chi connectivity index (χ3v) is 5.77. The zero-order valence-corrected chi connectivity index (χ0v) is 17.7. The lowest BCUT2D eigenvalue weighted by Crippen LogP contribution is -2.39. The van der Waals surface area contributed by atoms with Crippen molar-refractivity contribution in [2.24, 2.45) is 16.6 Å². The molecule has 4 atom stereocenters. The van der Waals surface area contributed by atoms with Crippen molar-refractivity contribution in [1.82, 2.24) is 9.78 Å². The fourth-order valence-electron chi connectivity index (χ4n) is 3.86. The maximum atomic E-state index is 13.0. The van der Waals surface area contributed by atoms with Crippen molar-refractivity contribution < 1.29 is 28.2 Å². The number of rotatable bonds is 6. The first-order chi connectivity index (χ1) is 14.9. The van der Waals surface area contributed by atoms with Crippen molar-refractivity contribution in [3.05, 3.63) is 41.6 Å². The lowest BCUT2D eigenvalue weighted by molar-refractivity contribution is -0.258. The van der Waals surface area contributed by atoms with Gasteiger partial charge in [0.25, 0.3) is 5.91 Å². The van der Waals surface area contributed by atoms with Crippen LogP contribution in [0.2, 0.25) is 0 Å². The molecule has 32 heavy (non-hydrogen) atoms. The summed E-state index contributed by atoms with van der Waals surface area (Å²) in [7, 11) is 1.64. The Labute approximate surface area is 183 Å². The molecule has 1 heterocycles. The molecule has 3 rings (SSSR count). The zero-order valence-electron chi connectivity index (χ0n) is 17.7. The monoisotopic (exact) mass is 453 g/mol. The van der Waals surface area contributed by atoms with E-state index in [1.807, 2.05) is 0 Å². The molecule has 174 valence electrons. The van der Waals surface area contributed by atoms with E-state index in [1.54, 1.807) is 17.9 Å². The summed E-state index contributed by atoms with van der Waals surface area (Å²) in [6, 6.07) is 4.85. The van der Waals surface area contributed by atoms with Gasteiger partial charge in [0.05, 0.1) is 12.1 Å². The molecular formula is C21H26F3N5O3. The van der Waals surface area contributed by atoms with E-state index < -0.39 is 23.8 Å². The molecule has 1 aromatic heterocycles. The molecule has 11 heteroatoms. The second kappa shape index (κ2) is 8.91. The van der Waals surface area contributed by atoms with Gasteiger partial charge in [-0.15, -0.1) is 0 Å². The van der Waals surface area contributed by atoms with Crippen molar-refractivity contribution in [2.45, 2.75) is 50.1 Å². The molecule has 0 radical (unpaired) electrons. The molecule has 1 saturated carbocycles. The van der Waals surface area contributed by atoms with Gasteiger partial charge in [0, 0.05) is 31.1 Å². The molecule has 0 bridgehead atoms. The Hall–Kier alpha value is -2.92. The van der Waals surface area contributed by atoms with E-state index in [2.05, 4.69) is 15.4 Å². The van der Waals surface area contributed by atoms with Crippen molar-refractivity contribution in [3.8, 4) is 0 Å². The van der Waals surface area contributed by atoms with Crippen LogP contribution in [0.5, 0.6) is 0 Å². The van der Waals surface area contributed by atoms with E-state index >= 15 is 0 Å². The minimum absolute atomic E-state index is 0.0823. The second-order valence-corrected chi connectivity index (χ2v) is 8.11. The van der Waals surface area contributed by atoms with Gasteiger partial charge in [-0.05, 0) is 43.9 Å². The van der Waals surface area contributed by atoms with Crippen LogP contribution in [0.4, 0.5) is 24.7 Å². The first-order valence-electron chi connectivity index (χ1n) is 10.1. The summed E-state index contributed by atoms with van der Waals surface area (Å²) < 4.78 is 40.7. The van der Waals surface area contributed by atoms with E-state index in [4.69, 9.17) is 5.73 Å². The highest BCUT2D eigenvalue weighted by Crippen LogP contribution is 2.39. The van der Waals surface area contributed by atoms with E-state index in [9.17, 15) is 28.2 Å². The molecule has 1 aliphatic carbocycles. The zero-order chi connectivity index (χ0) is 23.7. The predicted octanol–water partition coefficient (Wildman–Crippen LogP) is 2.90. The number of amides is 1. The Bertz CT molecular complexity index is 986. The molecule has 1 fully saturated rings. The number of aliphatic imine (C=N–C) groups is 1. The summed E-state index contributed by atoms with van der Waals surface area (Å²) in [5.74, 6) is -0.640. The Morgan fingerprint density at radius 3 is 2.53 bits per heavy atom. The average Bonchev–Trinajstić information content (AvgIpc) is 3.12. The lowest BCUT2D eigenvalue weighted by atomic mass is 9.83. The van der Waals surface area contributed by atoms with Crippen LogP contribution >= 0.6 is 0 Å². The highest BCUT2D eigenvalue weighted by atomic mass is 19.4. The van der Waals surface area contributed by atoms with Crippen LogP contribution in [0.25, 0.3) is 0 Å². The van der Waals surface area contributed by atoms with Gasteiger partial charge in [0.15, 0.2) is 11.4 Å². The van der Waals surface area contributed by atoms with Gasteiger partial charge in [-0.2, -0.15) is 18.3 Å². The number of halogens is 3. The molecule has 0 saturated heterocycles. The van der Waals surface area contributed by atoms with Crippen LogP contribution in [-0.2, 0) is 5.60 Å².